The number of anilines is 1. The number of nitrogens with two attached hydrogens (primary N) is 1. The molecule has 0 aromatic heterocycles. The van der Waals surface area contributed by atoms with Crippen molar-refractivity contribution in [2.45, 2.75) is 45.2 Å². The lowest BCUT2D eigenvalue weighted by molar-refractivity contribution is -0.135. The van der Waals surface area contributed by atoms with Gasteiger partial charge in [0.05, 0.1) is 17.8 Å². The fourth-order valence-electron chi connectivity index (χ4n) is 3.05. The maximum Gasteiger partial charge on any atom is 0.251 e. The number of carbonyl (C=O) groups excluding carboxylic acids is 2. The molecular formula is C16H21F2N3O2. The predicted molar refractivity (Wildman–Crippen MR) is 83.0 cm³/mol. The maximum atomic E-state index is 13.8. The third-order valence-corrected chi connectivity index (χ3v) is 4.23. The highest BCUT2D eigenvalue weighted by atomic mass is 19.1. The lowest BCUT2D eigenvalue weighted by Crippen LogP contribution is -2.49. The number of rotatable bonds is 4. The molecule has 126 valence electrons. The summed E-state index contributed by atoms with van der Waals surface area (Å²) in [6.07, 6.45) is 2.95. The number of likely N-dealkylation sites (tertiary alicyclic amines) is 1. The third-order valence-electron chi connectivity index (χ3n) is 4.23. The Hall–Kier alpha value is -2.18. The van der Waals surface area contributed by atoms with Crippen LogP contribution in [0.4, 0.5) is 14.5 Å². The zero-order valence-corrected chi connectivity index (χ0v) is 13.2. The molecule has 23 heavy (non-hydrogen) atoms. The minimum absolute atomic E-state index is 0.120. The highest BCUT2D eigenvalue weighted by Gasteiger charge is 2.28. The Morgan fingerprint density at radius 1 is 1.22 bits per heavy atom. The van der Waals surface area contributed by atoms with E-state index in [2.05, 4.69) is 5.32 Å². The molecule has 1 heterocycles. The van der Waals surface area contributed by atoms with Crippen molar-refractivity contribution in [1.82, 2.24) is 4.90 Å². The van der Waals surface area contributed by atoms with Gasteiger partial charge in [0, 0.05) is 18.2 Å². The molecule has 0 bridgehead atoms. The molecule has 5 nitrogen and oxygen atoms in total. The second-order valence-corrected chi connectivity index (χ2v) is 5.96. The highest BCUT2D eigenvalue weighted by Crippen LogP contribution is 2.23. The van der Waals surface area contributed by atoms with E-state index in [1.807, 2.05) is 13.8 Å². The molecule has 2 unspecified atom stereocenters. The van der Waals surface area contributed by atoms with Crippen molar-refractivity contribution in [2.75, 3.05) is 11.9 Å². The van der Waals surface area contributed by atoms with Crippen LogP contribution < -0.4 is 11.1 Å². The summed E-state index contributed by atoms with van der Waals surface area (Å²) in [4.78, 5) is 25.3. The van der Waals surface area contributed by atoms with E-state index in [0.717, 1.165) is 25.3 Å². The first-order valence-corrected chi connectivity index (χ1v) is 7.65. The van der Waals surface area contributed by atoms with Crippen LogP contribution in [-0.2, 0) is 4.79 Å². The first-order chi connectivity index (χ1) is 10.8. The fraction of sp³-hybridized carbons (Fsp3) is 0.500. The second-order valence-electron chi connectivity index (χ2n) is 5.96. The van der Waals surface area contributed by atoms with Gasteiger partial charge < -0.3 is 16.0 Å². The number of halogens is 2. The largest absolute Gasteiger partial charge is 0.374 e. The Balaban J connectivity index is 2.09. The number of hydrogen-bond donors (Lipinski definition) is 2. The van der Waals surface area contributed by atoms with E-state index in [0.29, 0.717) is 6.07 Å². The Kier molecular flexibility index (Phi) is 5.18. The second kappa shape index (κ2) is 6.93. The number of carbonyl (C=O) groups is 2. The van der Waals surface area contributed by atoms with E-state index in [9.17, 15) is 18.4 Å². The SMILES string of the molecule is CC1CCCC(C)N1C(=O)CNc1cc(C(N)=O)c(F)cc1F. The minimum Gasteiger partial charge on any atom is -0.374 e. The Bertz CT molecular complexity index is 612. The van der Waals surface area contributed by atoms with E-state index in [1.165, 1.54) is 0 Å². The molecule has 2 atom stereocenters. The first-order valence-electron chi connectivity index (χ1n) is 7.65. The molecule has 1 aromatic rings. The summed E-state index contributed by atoms with van der Waals surface area (Å²) in [5.41, 5.74) is 4.50. The Labute approximate surface area is 133 Å². The molecule has 2 rings (SSSR count). The van der Waals surface area contributed by atoms with Crippen molar-refractivity contribution >= 4 is 17.5 Å². The first kappa shape index (κ1) is 17.2. The molecule has 1 aromatic carbocycles. The van der Waals surface area contributed by atoms with Crippen LogP contribution in [0.25, 0.3) is 0 Å². The van der Waals surface area contributed by atoms with Crippen LogP contribution in [-0.4, -0.2) is 35.3 Å². The minimum atomic E-state index is -1.02. The average Bonchev–Trinajstić information content (AvgIpc) is 2.45. The topological polar surface area (TPSA) is 75.4 Å². The number of amides is 2. The molecule has 7 heteroatoms. The fourth-order valence-corrected chi connectivity index (χ4v) is 3.05. The smallest absolute Gasteiger partial charge is 0.251 e. The van der Waals surface area contributed by atoms with Crippen molar-refractivity contribution in [3.63, 3.8) is 0 Å². The van der Waals surface area contributed by atoms with Gasteiger partial charge in [-0.25, -0.2) is 8.78 Å². The standard InChI is InChI=1S/C16H21F2N3O2/c1-9-4-3-5-10(2)21(9)15(22)8-20-14-6-11(16(19)23)12(17)7-13(14)18/h6-7,9-10,20H,3-5,8H2,1-2H3,(H2,19,23). The van der Waals surface area contributed by atoms with Crippen molar-refractivity contribution < 1.29 is 18.4 Å². The number of piperidine rings is 1. The number of benzene rings is 1. The van der Waals surface area contributed by atoms with Crippen LogP contribution in [0.3, 0.4) is 0 Å². The molecule has 3 N–H and O–H groups in total. The van der Waals surface area contributed by atoms with Crippen LogP contribution in [0.2, 0.25) is 0 Å². The van der Waals surface area contributed by atoms with Gasteiger partial charge in [0.1, 0.15) is 11.6 Å². The molecule has 0 aliphatic carbocycles. The number of nitrogens with one attached hydrogen (secondary N) is 1. The summed E-state index contributed by atoms with van der Waals surface area (Å²) in [5, 5.41) is 2.63. The van der Waals surface area contributed by atoms with E-state index in [4.69, 9.17) is 5.73 Å². The van der Waals surface area contributed by atoms with Gasteiger partial charge in [0.15, 0.2) is 0 Å². The highest BCUT2D eigenvalue weighted by molar-refractivity contribution is 5.94. The van der Waals surface area contributed by atoms with Crippen LogP contribution in [0.1, 0.15) is 43.5 Å². The summed E-state index contributed by atoms with van der Waals surface area (Å²) in [6.45, 7) is 3.84. The number of hydrogen-bond acceptors (Lipinski definition) is 3. The van der Waals surface area contributed by atoms with Gasteiger partial charge in [0.2, 0.25) is 5.91 Å². The van der Waals surface area contributed by atoms with E-state index >= 15 is 0 Å². The molecule has 1 aliphatic rings. The van der Waals surface area contributed by atoms with E-state index < -0.39 is 23.1 Å². The lowest BCUT2D eigenvalue weighted by atomic mass is 9.97. The van der Waals surface area contributed by atoms with Gasteiger partial charge in [-0.05, 0) is 39.2 Å². The molecule has 1 saturated heterocycles. The molecular weight excluding hydrogens is 304 g/mol. The van der Waals surface area contributed by atoms with Crippen LogP contribution in [0, 0.1) is 11.6 Å². The summed E-state index contributed by atoms with van der Waals surface area (Å²) in [5.74, 6) is -3.05. The van der Waals surface area contributed by atoms with Crippen molar-refractivity contribution in [2.24, 2.45) is 5.73 Å². The van der Waals surface area contributed by atoms with Crippen LogP contribution in [0.5, 0.6) is 0 Å². The van der Waals surface area contributed by atoms with E-state index in [-0.39, 0.29) is 30.2 Å². The van der Waals surface area contributed by atoms with Crippen LogP contribution in [0.15, 0.2) is 12.1 Å². The summed E-state index contributed by atoms with van der Waals surface area (Å²) in [7, 11) is 0. The molecule has 1 fully saturated rings. The predicted octanol–water partition coefficient (Wildman–Crippen LogP) is 2.27. The maximum absolute atomic E-state index is 13.8. The van der Waals surface area contributed by atoms with Crippen molar-refractivity contribution in [1.29, 1.82) is 0 Å². The van der Waals surface area contributed by atoms with Gasteiger partial charge in [-0.15, -0.1) is 0 Å². The van der Waals surface area contributed by atoms with Gasteiger partial charge in [-0.2, -0.15) is 0 Å². The van der Waals surface area contributed by atoms with Crippen molar-refractivity contribution in [3.8, 4) is 0 Å². The summed E-state index contributed by atoms with van der Waals surface area (Å²) < 4.78 is 27.2. The average molecular weight is 325 g/mol. The zero-order chi connectivity index (χ0) is 17.1. The van der Waals surface area contributed by atoms with E-state index in [1.54, 1.807) is 4.90 Å². The Morgan fingerprint density at radius 3 is 2.39 bits per heavy atom. The summed E-state index contributed by atoms with van der Waals surface area (Å²) in [6, 6.07) is 1.84. The summed E-state index contributed by atoms with van der Waals surface area (Å²) >= 11 is 0. The monoisotopic (exact) mass is 325 g/mol. The molecule has 0 saturated carbocycles. The number of nitrogens with zero attached hydrogens (tertiary/aromatic N) is 1. The normalized spacial score (nSPS) is 21.1. The van der Waals surface area contributed by atoms with Gasteiger partial charge in [-0.3, -0.25) is 9.59 Å². The zero-order valence-electron chi connectivity index (χ0n) is 13.2. The number of primary amides is 1. The Morgan fingerprint density at radius 2 is 1.83 bits per heavy atom. The molecule has 0 spiro atoms. The van der Waals surface area contributed by atoms with Gasteiger partial charge in [0.25, 0.3) is 5.91 Å². The molecule has 0 radical (unpaired) electrons. The third kappa shape index (κ3) is 3.78. The van der Waals surface area contributed by atoms with Crippen molar-refractivity contribution in [3.05, 3.63) is 29.3 Å². The molecule has 1 aliphatic heterocycles. The van der Waals surface area contributed by atoms with Crippen LogP contribution >= 0.6 is 0 Å². The quantitative estimate of drug-likeness (QED) is 0.891. The van der Waals surface area contributed by atoms with Gasteiger partial charge >= 0.3 is 0 Å². The van der Waals surface area contributed by atoms with Gasteiger partial charge in [-0.1, -0.05) is 0 Å². The molecule has 2 amide bonds. The lowest BCUT2D eigenvalue weighted by Gasteiger charge is -2.39.